The maximum Gasteiger partial charge on any atom is 0.0543 e. The van der Waals surface area contributed by atoms with Crippen LogP contribution >= 0.6 is 0 Å². The van der Waals surface area contributed by atoms with E-state index >= 15 is 0 Å². The Balaban J connectivity index is 1.00. The van der Waals surface area contributed by atoms with Crippen LogP contribution in [0.2, 0.25) is 0 Å². The first-order valence-electron chi connectivity index (χ1n) is 18.6. The molecule has 8 aliphatic carbocycles. The van der Waals surface area contributed by atoms with Crippen molar-refractivity contribution in [3.05, 3.63) is 0 Å². The first kappa shape index (κ1) is 28.7. The van der Waals surface area contributed by atoms with E-state index in [0.717, 1.165) is 85.9 Å². The van der Waals surface area contributed by atoms with Crippen molar-refractivity contribution in [3.63, 3.8) is 0 Å². The topological polar surface area (TPSA) is 65.2 Å². The van der Waals surface area contributed by atoms with E-state index in [-0.39, 0.29) is 23.0 Å². The molecule has 42 heavy (non-hydrogen) atoms. The van der Waals surface area contributed by atoms with Crippen molar-refractivity contribution in [3.8, 4) is 0 Å². The lowest BCUT2D eigenvalue weighted by atomic mass is 9.45. The van der Waals surface area contributed by atoms with E-state index in [9.17, 15) is 10.2 Å². The second-order valence-electron chi connectivity index (χ2n) is 18.3. The fraction of sp³-hybridized carbons (Fsp3) is 0.947. The highest BCUT2D eigenvalue weighted by molar-refractivity contribution is 5.95. The molecule has 14 atom stereocenters. The Bertz CT molecular complexity index is 1060. The summed E-state index contributed by atoms with van der Waals surface area (Å²) in [6.07, 6.45) is 22.2. The maximum atomic E-state index is 10.4. The second kappa shape index (κ2) is 9.88. The minimum Gasteiger partial charge on any atom is -0.393 e. The molecule has 234 valence electrons. The summed E-state index contributed by atoms with van der Waals surface area (Å²) in [7, 11) is 0. The largest absolute Gasteiger partial charge is 0.393 e. The van der Waals surface area contributed by atoms with Crippen molar-refractivity contribution < 1.29 is 10.2 Å². The smallest absolute Gasteiger partial charge is 0.0543 e. The molecule has 0 amide bonds. The SMILES string of the molecule is C[C@]12CC[C@@H](O)C[C@H]1CC[C@@H]1[C@H]2CC[C@]2(C)/C(=N\N=C3/CC[C@H]4[C@H]5CC[C@@H]6C[C@H](O)CC[C@]6(C)[C@@H]5CC[C@]34C)CC[C@H]12. The third-order valence-electron chi connectivity index (χ3n) is 17.0. The van der Waals surface area contributed by atoms with Crippen molar-refractivity contribution >= 4 is 11.4 Å². The van der Waals surface area contributed by atoms with Crippen LogP contribution in [-0.2, 0) is 0 Å². The number of aliphatic hydroxyl groups is 2. The van der Waals surface area contributed by atoms with Gasteiger partial charge in [0.05, 0.1) is 12.2 Å². The Hall–Kier alpha value is -0.740. The van der Waals surface area contributed by atoms with Crippen molar-refractivity contribution in [2.24, 2.45) is 79.2 Å². The summed E-state index contributed by atoms with van der Waals surface area (Å²) in [5.41, 5.74) is 4.28. The molecule has 0 radical (unpaired) electrons. The van der Waals surface area contributed by atoms with Crippen LogP contribution in [0.1, 0.15) is 143 Å². The molecule has 8 rings (SSSR count). The maximum absolute atomic E-state index is 10.4. The molecule has 0 heterocycles. The van der Waals surface area contributed by atoms with E-state index in [4.69, 9.17) is 10.2 Å². The number of aliphatic hydroxyl groups excluding tert-OH is 2. The lowest BCUT2D eigenvalue weighted by Crippen LogP contribution is -2.54. The molecule has 0 spiro atoms. The zero-order chi connectivity index (χ0) is 29.1. The molecule has 4 heteroatoms. The monoisotopic (exact) mass is 576 g/mol. The number of fused-ring (bicyclic) bond motifs is 10. The third-order valence-corrected chi connectivity index (χ3v) is 17.0. The van der Waals surface area contributed by atoms with Crippen LogP contribution < -0.4 is 0 Å². The van der Waals surface area contributed by atoms with Gasteiger partial charge in [0, 0.05) is 22.3 Å². The second-order valence-corrected chi connectivity index (χ2v) is 18.3. The van der Waals surface area contributed by atoms with Crippen LogP contribution in [0.25, 0.3) is 0 Å². The minimum absolute atomic E-state index is 0.0516. The molecular formula is C38H60N2O2. The van der Waals surface area contributed by atoms with Gasteiger partial charge < -0.3 is 10.2 Å². The summed E-state index contributed by atoms with van der Waals surface area (Å²) in [4.78, 5) is 0. The average molecular weight is 577 g/mol. The molecule has 0 aromatic carbocycles. The van der Waals surface area contributed by atoms with Crippen LogP contribution in [0.4, 0.5) is 0 Å². The molecule has 0 saturated heterocycles. The van der Waals surface area contributed by atoms with Crippen LogP contribution in [0, 0.1) is 69.0 Å². The first-order valence-corrected chi connectivity index (χ1v) is 18.6. The zero-order valence-electron chi connectivity index (χ0n) is 27.3. The molecule has 8 aliphatic rings. The molecule has 8 saturated carbocycles. The molecule has 0 aromatic heterocycles. The normalized spacial score (nSPS) is 58.9. The Morgan fingerprint density at radius 2 is 0.929 bits per heavy atom. The van der Waals surface area contributed by atoms with Gasteiger partial charge in [-0.1, -0.05) is 27.7 Å². The van der Waals surface area contributed by atoms with E-state index in [1.807, 2.05) is 0 Å². The summed E-state index contributed by atoms with van der Waals surface area (Å²) in [6, 6.07) is 0. The molecule has 8 fully saturated rings. The van der Waals surface area contributed by atoms with Crippen LogP contribution in [0.3, 0.4) is 0 Å². The van der Waals surface area contributed by atoms with E-state index in [1.54, 1.807) is 0 Å². The van der Waals surface area contributed by atoms with Gasteiger partial charge in [0.2, 0.25) is 0 Å². The van der Waals surface area contributed by atoms with Gasteiger partial charge in [-0.15, -0.1) is 0 Å². The van der Waals surface area contributed by atoms with Gasteiger partial charge in [0.1, 0.15) is 0 Å². The summed E-state index contributed by atoms with van der Waals surface area (Å²) >= 11 is 0. The van der Waals surface area contributed by atoms with E-state index < -0.39 is 0 Å². The fourth-order valence-electron chi connectivity index (χ4n) is 14.5. The van der Waals surface area contributed by atoms with Gasteiger partial charge in [-0.2, -0.15) is 10.2 Å². The molecular weight excluding hydrogens is 516 g/mol. The van der Waals surface area contributed by atoms with Crippen molar-refractivity contribution in [1.82, 2.24) is 0 Å². The molecule has 2 N–H and O–H groups in total. The summed E-state index contributed by atoms with van der Waals surface area (Å²) in [5.74, 6) is 6.44. The highest BCUT2D eigenvalue weighted by atomic mass is 16.3. The van der Waals surface area contributed by atoms with Crippen LogP contribution in [-0.4, -0.2) is 33.8 Å². The Kier molecular flexibility index (Phi) is 6.75. The predicted molar refractivity (Wildman–Crippen MR) is 170 cm³/mol. The Labute approximate surface area is 256 Å². The summed E-state index contributed by atoms with van der Waals surface area (Å²) in [5, 5.41) is 31.4. The van der Waals surface area contributed by atoms with Crippen LogP contribution in [0.15, 0.2) is 10.2 Å². The van der Waals surface area contributed by atoms with Crippen molar-refractivity contribution in [2.75, 3.05) is 0 Å². The van der Waals surface area contributed by atoms with Crippen molar-refractivity contribution in [1.29, 1.82) is 0 Å². The Morgan fingerprint density at radius 3 is 1.36 bits per heavy atom. The highest BCUT2D eigenvalue weighted by Gasteiger charge is 2.61. The van der Waals surface area contributed by atoms with Gasteiger partial charge in [0.15, 0.2) is 0 Å². The molecule has 4 nitrogen and oxygen atoms in total. The third kappa shape index (κ3) is 3.97. The number of hydrogen-bond donors (Lipinski definition) is 2. The fourth-order valence-corrected chi connectivity index (χ4v) is 14.5. The van der Waals surface area contributed by atoms with Gasteiger partial charge >= 0.3 is 0 Å². The average Bonchev–Trinajstić information content (AvgIpc) is 3.48. The summed E-state index contributed by atoms with van der Waals surface area (Å²) < 4.78 is 0. The zero-order valence-corrected chi connectivity index (χ0v) is 27.3. The van der Waals surface area contributed by atoms with E-state index in [0.29, 0.717) is 10.8 Å². The lowest BCUT2D eigenvalue weighted by molar-refractivity contribution is -0.114. The number of nitrogens with zero attached hydrogens (tertiary/aromatic N) is 2. The predicted octanol–water partition coefficient (Wildman–Crippen LogP) is 8.59. The quantitative estimate of drug-likeness (QED) is 0.307. The minimum atomic E-state index is -0.0516. The lowest BCUT2D eigenvalue weighted by Gasteiger charge is -2.60. The summed E-state index contributed by atoms with van der Waals surface area (Å²) in [6.45, 7) is 10.4. The van der Waals surface area contributed by atoms with Gasteiger partial charge in [-0.05, 0) is 174 Å². The molecule has 0 aromatic rings. The molecule has 0 unspecified atom stereocenters. The van der Waals surface area contributed by atoms with E-state index in [1.165, 1.54) is 88.5 Å². The van der Waals surface area contributed by atoms with Gasteiger partial charge in [-0.25, -0.2) is 0 Å². The number of rotatable bonds is 1. The molecule has 0 aliphatic heterocycles. The van der Waals surface area contributed by atoms with Gasteiger partial charge in [0.25, 0.3) is 0 Å². The first-order chi connectivity index (χ1) is 20.1. The van der Waals surface area contributed by atoms with Crippen LogP contribution in [0.5, 0.6) is 0 Å². The van der Waals surface area contributed by atoms with E-state index in [2.05, 4.69) is 27.7 Å². The number of hydrogen-bond acceptors (Lipinski definition) is 4. The molecule has 0 bridgehead atoms. The van der Waals surface area contributed by atoms with Gasteiger partial charge in [-0.3, -0.25) is 0 Å². The highest BCUT2D eigenvalue weighted by Crippen LogP contribution is 2.67. The van der Waals surface area contributed by atoms with Crippen molar-refractivity contribution in [2.45, 2.75) is 155 Å². The standard InChI is InChI=1S/C38H60N2O2/c1-35-17-13-25(41)21-23(35)5-7-27-29-9-11-33(37(29,3)19-15-31(27)35)39-40-34-12-10-30-28-8-6-24-22-26(42)14-18-36(24,2)32(28)16-20-38(30,34)4/h23-32,41-42H,5-22H2,1-4H3/b39-33-,40-34+/t23-,24-,25-,26-,27+,28-,29-,30+,31-,32-,35+,36+,37+,38+/m1/s1. The Morgan fingerprint density at radius 1 is 0.500 bits per heavy atom.